The van der Waals surface area contributed by atoms with Gasteiger partial charge in [0.15, 0.2) is 5.78 Å². The molecule has 114 valence electrons. The number of allylic oxidation sites excluding steroid dienone is 1. The summed E-state index contributed by atoms with van der Waals surface area (Å²) in [5.74, 6) is 0.687. The van der Waals surface area contributed by atoms with E-state index in [9.17, 15) is 4.79 Å². The zero-order valence-electron chi connectivity index (χ0n) is 13.6. The number of hydrogen-bond donors (Lipinski definition) is 0. The second-order valence-corrected chi connectivity index (χ2v) is 6.21. The summed E-state index contributed by atoms with van der Waals surface area (Å²) >= 11 is 0. The van der Waals surface area contributed by atoms with E-state index in [1.54, 1.807) is 6.08 Å². The van der Waals surface area contributed by atoms with E-state index >= 15 is 0 Å². The van der Waals surface area contributed by atoms with Crippen molar-refractivity contribution in [1.29, 1.82) is 0 Å². The Balaban J connectivity index is 2.02. The molecule has 22 heavy (non-hydrogen) atoms. The molecule has 0 bridgehead atoms. The van der Waals surface area contributed by atoms with E-state index in [2.05, 4.69) is 38.1 Å². The SMILES string of the molecule is CC(C)Cc1ccc(C(C)C(=O)/C=C/c2ccccc2)cc1. The highest BCUT2D eigenvalue weighted by molar-refractivity contribution is 5.98. The lowest BCUT2D eigenvalue weighted by molar-refractivity contribution is -0.115. The average molecular weight is 292 g/mol. The van der Waals surface area contributed by atoms with Gasteiger partial charge in [-0.15, -0.1) is 0 Å². The van der Waals surface area contributed by atoms with Crippen molar-refractivity contribution in [3.05, 3.63) is 77.4 Å². The number of carbonyl (C=O) groups excluding carboxylic acids is 1. The molecular weight excluding hydrogens is 268 g/mol. The van der Waals surface area contributed by atoms with Gasteiger partial charge in [0.1, 0.15) is 0 Å². The molecule has 0 N–H and O–H groups in total. The molecule has 1 unspecified atom stereocenters. The molecule has 2 aromatic carbocycles. The Morgan fingerprint density at radius 1 is 0.955 bits per heavy atom. The van der Waals surface area contributed by atoms with Gasteiger partial charge in [-0.05, 0) is 35.1 Å². The molecule has 0 aliphatic heterocycles. The Labute approximate surface area is 133 Å². The molecule has 1 nitrogen and oxygen atoms in total. The lowest BCUT2D eigenvalue weighted by atomic mass is 9.93. The van der Waals surface area contributed by atoms with Crippen LogP contribution < -0.4 is 0 Å². The van der Waals surface area contributed by atoms with Gasteiger partial charge in [0.25, 0.3) is 0 Å². The minimum atomic E-state index is -0.104. The standard InChI is InChI=1S/C21H24O/c1-16(2)15-19-9-12-20(13-10-19)17(3)21(22)14-11-18-7-5-4-6-8-18/h4-14,16-17H,15H2,1-3H3/b14-11+. The van der Waals surface area contributed by atoms with Crippen LogP contribution in [0.15, 0.2) is 60.7 Å². The lowest BCUT2D eigenvalue weighted by Crippen LogP contribution is -2.06. The van der Waals surface area contributed by atoms with Crippen molar-refractivity contribution in [3.63, 3.8) is 0 Å². The van der Waals surface area contributed by atoms with Crippen molar-refractivity contribution < 1.29 is 4.79 Å². The van der Waals surface area contributed by atoms with E-state index in [0.717, 1.165) is 17.5 Å². The van der Waals surface area contributed by atoms with Crippen LogP contribution in [0.3, 0.4) is 0 Å². The summed E-state index contributed by atoms with van der Waals surface area (Å²) in [4.78, 5) is 12.3. The van der Waals surface area contributed by atoms with Crippen LogP contribution in [0.5, 0.6) is 0 Å². The Kier molecular flexibility index (Phi) is 5.71. The van der Waals surface area contributed by atoms with Gasteiger partial charge in [-0.2, -0.15) is 0 Å². The van der Waals surface area contributed by atoms with Gasteiger partial charge in [-0.1, -0.05) is 81.4 Å². The summed E-state index contributed by atoms with van der Waals surface area (Å²) in [5, 5.41) is 0. The topological polar surface area (TPSA) is 17.1 Å². The number of benzene rings is 2. The monoisotopic (exact) mass is 292 g/mol. The normalized spacial score (nSPS) is 12.7. The van der Waals surface area contributed by atoms with E-state index in [1.165, 1.54) is 5.56 Å². The third-order valence-electron chi connectivity index (χ3n) is 3.79. The Morgan fingerprint density at radius 3 is 2.18 bits per heavy atom. The zero-order chi connectivity index (χ0) is 15.9. The van der Waals surface area contributed by atoms with Crippen LogP contribution in [0, 0.1) is 5.92 Å². The van der Waals surface area contributed by atoms with Gasteiger partial charge in [0.2, 0.25) is 0 Å². The fraction of sp³-hybridized carbons (Fsp3) is 0.286. The second-order valence-electron chi connectivity index (χ2n) is 6.21. The molecule has 0 aromatic heterocycles. The molecule has 0 fully saturated rings. The first-order chi connectivity index (χ1) is 10.6. The van der Waals surface area contributed by atoms with Crippen LogP contribution in [0.25, 0.3) is 6.08 Å². The van der Waals surface area contributed by atoms with Crippen LogP contribution in [-0.4, -0.2) is 5.78 Å². The molecule has 0 radical (unpaired) electrons. The maximum atomic E-state index is 12.3. The Bertz CT molecular complexity index is 621. The summed E-state index contributed by atoms with van der Waals surface area (Å²) in [6.07, 6.45) is 4.64. The van der Waals surface area contributed by atoms with E-state index in [1.807, 2.05) is 43.3 Å². The van der Waals surface area contributed by atoms with Gasteiger partial charge in [-0.25, -0.2) is 0 Å². The molecule has 0 saturated heterocycles. The number of ketones is 1. The fourth-order valence-electron chi connectivity index (χ4n) is 2.46. The molecule has 2 aromatic rings. The largest absolute Gasteiger partial charge is 0.294 e. The second kappa shape index (κ2) is 7.74. The van der Waals surface area contributed by atoms with Gasteiger partial charge >= 0.3 is 0 Å². The van der Waals surface area contributed by atoms with Gasteiger partial charge in [-0.3, -0.25) is 4.79 Å². The molecular formula is C21H24O. The number of carbonyl (C=O) groups is 1. The summed E-state index contributed by atoms with van der Waals surface area (Å²) < 4.78 is 0. The minimum Gasteiger partial charge on any atom is -0.294 e. The molecule has 0 spiro atoms. The average Bonchev–Trinajstić information content (AvgIpc) is 2.53. The summed E-state index contributed by atoms with van der Waals surface area (Å²) in [6.45, 7) is 6.40. The molecule has 0 saturated carbocycles. The van der Waals surface area contributed by atoms with Crippen LogP contribution in [0.1, 0.15) is 43.4 Å². The van der Waals surface area contributed by atoms with Crippen molar-refractivity contribution >= 4 is 11.9 Å². The molecule has 0 aliphatic rings. The summed E-state index contributed by atoms with van der Waals surface area (Å²) in [5.41, 5.74) is 3.46. The molecule has 0 heterocycles. The van der Waals surface area contributed by atoms with E-state index < -0.39 is 0 Å². The first-order valence-electron chi connectivity index (χ1n) is 7.92. The minimum absolute atomic E-state index is 0.104. The van der Waals surface area contributed by atoms with Crippen LogP contribution in [0.2, 0.25) is 0 Å². The summed E-state index contributed by atoms with van der Waals surface area (Å²) in [7, 11) is 0. The van der Waals surface area contributed by atoms with E-state index in [4.69, 9.17) is 0 Å². The predicted octanol–water partition coefficient (Wildman–Crippen LogP) is 5.27. The lowest BCUT2D eigenvalue weighted by Gasteiger charge is -2.10. The maximum absolute atomic E-state index is 12.3. The van der Waals surface area contributed by atoms with Crippen molar-refractivity contribution in [3.8, 4) is 0 Å². The maximum Gasteiger partial charge on any atom is 0.162 e. The van der Waals surface area contributed by atoms with Crippen LogP contribution in [0.4, 0.5) is 0 Å². The van der Waals surface area contributed by atoms with Crippen molar-refractivity contribution in [2.45, 2.75) is 33.1 Å². The highest BCUT2D eigenvalue weighted by atomic mass is 16.1. The molecule has 1 heteroatoms. The van der Waals surface area contributed by atoms with Crippen molar-refractivity contribution in [2.75, 3.05) is 0 Å². The first-order valence-corrected chi connectivity index (χ1v) is 7.92. The number of hydrogen-bond acceptors (Lipinski definition) is 1. The molecule has 0 amide bonds. The smallest absolute Gasteiger partial charge is 0.162 e. The van der Waals surface area contributed by atoms with Crippen molar-refractivity contribution in [1.82, 2.24) is 0 Å². The van der Waals surface area contributed by atoms with Gasteiger partial charge < -0.3 is 0 Å². The Morgan fingerprint density at radius 2 is 1.59 bits per heavy atom. The van der Waals surface area contributed by atoms with Crippen molar-refractivity contribution in [2.24, 2.45) is 5.92 Å². The zero-order valence-corrected chi connectivity index (χ0v) is 13.6. The predicted molar refractivity (Wildman–Crippen MR) is 93.9 cm³/mol. The van der Waals surface area contributed by atoms with Gasteiger partial charge in [0, 0.05) is 5.92 Å². The molecule has 1 atom stereocenters. The third-order valence-corrected chi connectivity index (χ3v) is 3.79. The van der Waals surface area contributed by atoms with E-state index in [-0.39, 0.29) is 11.7 Å². The summed E-state index contributed by atoms with van der Waals surface area (Å²) in [6, 6.07) is 18.3. The highest BCUT2D eigenvalue weighted by Crippen LogP contribution is 2.19. The Hall–Kier alpha value is -2.15. The highest BCUT2D eigenvalue weighted by Gasteiger charge is 2.12. The molecule has 0 aliphatic carbocycles. The molecule has 2 rings (SSSR count). The van der Waals surface area contributed by atoms with Crippen LogP contribution >= 0.6 is 0 Å². The number of rotatable bonds is 6. The van der Waals surface area contributed by atoms with Gasteiger partial charge in [0.05, 0.1) is 0 Å². The van der Waals surface area contributed by atoms with Crippen LogP contribution in [-0.2, 0) is 11.2 Å². The fourth-order valence-corrected chi connectivity index (χ4v) is 2.46. The first kappa shape index (κ1) is 16.2. The quantitative estimate of drug-likeness (QED) is 0.663. The third kappa shape index (κ3) is 4.70. The van der Waals surface area contributed by atoms with E-state index in [0.29, 0.717) is 5.92 Å².